The minimum atomic E-state index is 0.231. The Morgan fingerprint density at radius 2 is 2.00 bits per heavy atom. The van der Waals surface area contributed by atoms with Crippen molar-refractivity contribution < 1.29 is 9.47 Å². The number of hydrogen-bond acceptors (Lipinski definition) is 9. The number of nitrogens with zero attached hydrogens (tertiary/aromatic N) is 5. The van der Waals surface area contributed by atoms with Crippen LogP contribution >= 0.6 is 11.3 Å². The summed E-state index contributed by atoms with van der Waals surface area (Å²) in [5, 5.41) is 13.0. The number of likely N-dealkylation sites (N-methyl/N-ethyl adjacent to an activating group) is 1. The number of ether oxygens (including phenoxy) is 2. The molecule has 8 nitrogen and oxygen atoms in total. The van der Waals surface area contributed by atoms with E-state index in [1.165, 1.54) is 25.6 Å². The van der Waals surface area contributed by atoms with Gasteiger partial charge in [0.25, 0.3) is 0 Å². The highest BCUT2D eigenvalue weighted by molar-refractivity contribution is 7.15. The molecule has 0 fully saturated rings. The summed E-state index contributed by atoms with van der Waals surface area (Å²) in [6, 6.07) is 1.90. The lowest BCUT2D eigenvalue weighted by molar-refractivity contribution is 0.353. The van der Waals surface area contributed by atoms with E-state index in [-0.39, 0.29) is 6.01 Å². The van der Waals surface area contributed by atoms with Gasteiger partial charge in [0.2, 0.25) is 11.0 Å². The fourth-order valence-electron chi connectivity index (χ4n) is 1.50. The van der Waals surface area contributed by atoms with Gasteiger partial charge in [-0.25, -0.2) is 0 Å². The zero-order chi connectivity index (χ0) is 15.2. The van der Waals surface area contributed by atoms with Crippen LogP contribution in [0.3, 0.4) is 0 Å². The third-order valence-corrected chi connectivity index (χ3v) is 3.45. The Bertz CT molecular complexity index is 567. The van der Waals surface area contributed by atoms with E-state index >= 15 is 0 Å². The Morgan fingerprint density at radius 1 is 1.19 bits per heavy atom. The van der Waals surface area contributed by atoms with Crippen molar-refractivity contribution in [3.63, 3.8) is 0 Å². The molecule has 2 aromatic rings. The van der Waals surface area contributed by atoms with Crippen LogP contribution in [0.25, 0.3) is 0 Å². The van der Waals surface area contributed by atoms with E-state index in [4.69, 9.17) is 9.47 Å². The third kappa shape index (κ3) is 4.50. The summed E-state index contributed by atoms with van der Waals surface area (Å²) in [4.78, 5) is 10.3. The standard InChI is InChI=1S/C12H18N6O2S/c1-18(2)6-5-10-16-17-12(21-10)14-8-7-9(19-3)15-11(13-8)20-4/h7H,5-6H2,1-4H3,(H,13,14,15,17). The van der Waals surface area contributed by atoms with E-state index in [2.05, 4.69) is 30.4 Å². The number of aromatic nitrogens is 4. The van der Waals surface area contributed by atoms with Gasteiger partial charge in [0.15, 0.2) is 0 Å². The Labute approximate surface area is 127 Å². The number of rotatable bonds is 7. The Balaban J connectivity index is 2.07. The normalized spacial score (nSPS) is 10.7. The average molecular weight is 310 g/mol. The molecule has 0 aliphatic carbocycles. The number of methoxy groups -OCH3 is 2. The molecule has 0 atom stereocenters. The van der Waals surface area contributed by atoms with E-state index < -0.39 is 0 Å². The van der Waals surface area contributed by atoms with Crippen molar-refractivity contribution in [3.05, 3.63) is 11.1 Å². The third-order valence-electron chi connectivity index (χ3n) is 2.55. The van der Waals surface area contributed by atoms with Crippen molar-refractivity contribution in [2.24, 2.45) is 0 Å². The topological polar surface area (TPSA) is 85.3 Å². The summed E-state index contributed by atoms with van der Waals surface area (Å²) in [5.74, 6) is 0.968. The molecule has 0 aliphatic rings. The molecular weight excluding hydrogens is 292 g/mol. The van der Waals surface area contributed by atoms with Crippen LogP contribution in [0, 0.1) is 0 Å². The SMILES string of the molecule is COc1cc(Nc2nnc(CCN(C)C)s2)nc(OC)n1. The van der Waals surface area contributed by atoms with E-state index in [9.17, 15) is 0 Å². The van der Waals surface area contributed by atoms with E-state index in [1.807, 2.05) is 14.1 Å². The number of hydrogen-bond donors (Lipinski definition) is 1. The lowest BCUT2D eigenvalue weighted by atomic mass is 10.4. The lowest BCUT2D eigenvalue weighted by Gasteiger charge is -2.06. The van der Waals surface area contributed by atoms with Gasteiger partial charge in [-0.1, -0.05) is 11.3 Å². The van der Waals surface area contributed by atoms with Gasteiger partial charge in [-0.3, -0.25) is 0 Å². The first-order valence-electron chi connectivity index (χ1n) is 6.32. The summed E-state index contributed by atoms with van der Waals surface area (Å²) >= 11 is 1.49. The molecule has 114 valence electrons. The molecule has 0 bridgehead atoms. The van der Waals surface area contributed by atoms with Gasteiger partial charge in [0, 0.05) is 19.0 Å². The molecule has 2 heterocycles. The van der Waals surface area contributed by atoms with Gasteiger partial charge < -0.3 is 19.7 Å². The minimum Gasteiger partial charge on any atom is -0.481 e. The van der Waals surface area contributed by atoms with Gasteiger partial charge >= 0.3 is 6.01 Å². The Hall–Kier alpha value is -2.00. The molecule has 0 spiro atoms. The summed E-state index contributed by atoms with van der Waals surface area (Å²) < 4.78 is 10.1. The first kappa shape index (κ1) is 15.4. The number of anilines is 2. The van der Waals surface area contributed by atoms with Crippen LogP contribution in [0.4, 0.5) is 10.9 Å². The van der Waals surface area contributed by atoms with Gasteiger partial charge in [0.05, 0.1) is 14.2 Å². The maximum absolute atomic E-state index is 5.10. The van der Waals surface area contributed by atoms with Crippen LogP contribution in [0.15, 0.2) is 6.07 Å². The van der Waals surface area contributed by atoms with E-state index in [0.717, 1.165) is 18.0 Å². The first-order valence-corrected chi connectivity index (χ1v) is 7.13. The van der Waals surface area contributed by atoms with E-state index in [1.54, 1.807) is 6.07 Å². The second-order valence-corrected chi connectivity index (χ2v) is 5.52. The van der Waals surface area contributed by atoms with Crippen LogP contribution in [0.5, 0.6) is 11.9 Å². The van der Waals surface area contributed by atoms with Crippen LogP contribution in [0.2, 0.25) is 0 Å². The fraction of sp³-hybridized carbons (Fsp3) is 0.500. The average Bonchev–Trinajstić information content (AvgIpc) is 2.92. The van der Waals surface area contributed by atoms with Gasteiger partial charge in [-0.2, -0.15) is 9.97 Å². The van der Waals surface area contributed by atoms with Crippen molar-refractivity contribution in [1.82, 2.24) is 25.1 Å². The van der Waals surface area contributed by atoms with Crippen molar-refractivity contribution in [1.29, 1.82) is 0 Å². The molecule has 1 N–H and O–H groups in total. The molecule has 0 saturated carbocycles. The summed E-state index contributed by atoms with van der Waals surface area (Å²) in [5.41, 5.74) is 0. The molecule has 0 unspecified atom stereocenters. The number of nitrogens with one attached hydrogen (secondary N) is 1. The van der Waals surface area contributed by atoms with Crippen molar-refractivity contribution in [2.45, 2.75) is 6.42 Å². The van der Waals surface area contributed by atoms with Gasteiger partial charge in [-0.05, 0) is 14.1 Å². The Kier molecular flexibility index (Phi) is 5.23. The second-order valence-electron chi connectivity index (χ2n) is 4.46. The smallest absolute Gasteiger partial charge is 0.321 e. The molecule has 21 heavy (non-hydrogen) atoms. The maximum Gasteiger partial charge on any atom is 0.321 e. The molecule has 0 aliphatic heterocycles. The summed E-state index contributed by atoms with van der Waals surface area (Å²) in [6.45, 7) is 0.934. The molecule has 0 aromatic carbocycles. The zero-order valence-electron chi connectivity index (χ0n) is 12.5. The fourth-order valence-corrected chi connectivity index (χ4v) is 2.23. The van der Waals surface area contributed by atoms with Crippen LogP contribution in [0.1, 0.15) is 5.01 Å². The second kappa shape index (κ2) is 7.14. The molecule has 9 heteroatoms. The van der Waals surface area contributed by atoms with Gasteiger partial charge in [0.1, 0.15) is 10.8 Å². The molecule has 0 saturated heterocycles. The highest BCUT2D eigenvalue weighted by Gasteiger charge is 2.09. The summed E-state index contributed by atoms with van der Waals surface area (Å²) in [6.07, 6.45) is 0.864. The Morgan fingerprint density at radius 3 is 2.67 bits per heavy atom. The van der Waals surface area contributed by atoms with Crippen LogP contribution in [-0.2, 0) is 6.42 Å². The highest BCUT2D eigenvalue weighted by atomic mass is 32.1. The van der Waals surface area contributed by atoms with Crippen molar-refractivity contribution in [3.8, 4) is 11.9 Å². The first-order chi connectivity index (χ1) is 10.1. The van der Waals surface area contributed by atoms with Crippen molar-refractivity contribution in [2.75, 3.05) is 40.2 Å². The van der Waals surface area contributed by atoms with Gasteiger partial charge in [-0.15, -0.1) is 10.2 Å². The monoisotopic (exact) mass is 310 g/mol. The summed E-state index contributed by atoms with van der Waals surface area (Å²) in [7, 11) is 7.10. The quantitative estimate of drug-likeness (QED) is 0.816. The lowest BCUT2D eigenvalue weighted by Crippen LogP contribution is -2.14. The van der Waals surface area contributed by atoms with Crippen LogP contribution in [-0.4, -0.2) is 59.9 Å². The maximum atomic E-state index is 5.10. The molecular formula is C12H18N6O2S. The minimum absolute atomic E-state index is 0.231. The predicted molar refractivity (Wildman–Crippen MR) is 80.6 cm³/mol. The largest absolute Gasteiger partial charge is 0.481 e. The van der Waals surface area contributed by atoms with Crippen molar-refractivity contribution >= 4 is 22.3 Å². The molecule has 0 amide bonds. The predicted octanol–water partition coefficient (Wildman–Crippen LogP) is 1.19. The zero-order valence-corrected chi connectivity index (χ0v) is 13.3. The highest BCUT2D eigenvalue weighted by Crippen LogP contribution is 2.23. The molecule has 2 rings (SSSR count). The van der Waals surface area contributed by atoms with E-state index in [0.29, 0.717) is 16.8 Å². The molecule has 2 aromatic heterocycles. The molecule has 0 radical (unpaired) electrons. The van der Waals surface area contributed by atoms with Crippen LogP contribution < -0.4 is 14.8 Å².